The molecule has 3 heteroatoms. The molecule has 0 aliphatic heterocycles. The van der Waals surface area contributed by atoms with Crippen molar-refractivity contribution < 1.29 is 0 Å². The molecule has 0 nitrogen and oxygen atoms in total. The van der Waals surface area contributed by atoms with Crippen LogP contribution in [-0.2, 0) is 0 Å². The molecule has 0 bridgehead atoms. The molecule has 0 heterocycles. The Bertz CT molecular complexity index is 480. The molecule has 0 spiro atoms. The van der Waals surface area contributed by atoms with E-state index in [2.05, 4.69) is 116 Å². The van der Waals surface area contributed by atoms with Crippen LogP contribution in [0.5, 0.6) is 0 Å². The largest absolute Gasteiger partial charge is 0.0820 e. The second-order valence-corrected chi connectivity index (χ2v) is 15.3. The van der Waals surface area contributed by atoms with Gasteiger partial charge in [-0.3, -0.25) is 0 Å². The van der Waals surface area contributed by atoms with Crippen molar-refractivity contribution in [3.05, 3.63) is 0 Å². The molecular weight excluding hydrogens is 681 g/mol. The molecule has 2 aliphatic rings. The van der Waals surface area contributed by atoms with Crippen molar-refractivity contribution in [2.45, 2.75) is 105 Å². The number of halogens is 3. The first-order valence-electron chi connectivity index (χ1n) is 12.0. The third kappa shape index (κ3) is 5.75. The Morgan fingerprint density at radius 3 is 2.18 bits per heavy atom. The van der Waals surface area contributed by atoms with Crippen LogP contribution in [0.25, 0.3) is 0 Å². The van der Waals surface area contributed by atoms with E-state index in [1.807, 2.05) is 0 Å². The first kappa shape index (κ1) is 26.4. The Morgan fingerprint density at radius 2 is 1.61 bits per heavy atom. The molecule has 2 fully saturated rings. The van der Waals surface area contributed by atoms with Crippen LogP contribution in [0.4, 0.5) is 0 Å². The minimum absolute atomic E-state index is 0.531. The van der Waals surface area contributed by atoms with Gasteiger partial charge in [0.15, 0.2) is 0 Å². The van der Waals surface area contributed by atoms with Gasteiger partial charge in [-0.1, -0.05) is 136 Å². The van der Waals surface area contributed by atoms with Crippen LogP contribution in [0.2, 0.25) is 0 Å². The second-order valence-electron chi connectivity index (χ2n) is 10.9. The zero-order valence-electron chi connectivity index (χ0n) is 19.4. The lowest BCUT2D eigenvalue weighted by Gasteiger charge is -2.56. The molecular formula is C25H45I3. The number of hydrogen-bond donors (Lipinski definition) is 0. The Balaban J connectivity index is 2.25. The molecule has 0 radical (unpaired) electrons. The summed E-state index contributed by atoms with van der Waals surface area (Å²) in [4.78, 5) is 0. The zero-order chi connectivity index (χ0) is 21.2. The number of rotatable bonds is 6. The first-order valence-corrected chi connectivity index (χ1v) is 15.7. The van der Waals surface area contributed by atoms with E-state index in [9.17, 15) is 0 Å². The summed E-state index contributed by atoms with van der Waals surface area (Å²) < 4.78 is 2.48. The van der Waals surface area contributed by atoms with E-state index in [4.69, 9.17) is 0 Å². The predicted molar refractivity (Wildman–Crippen MR) is 152 cm³/mol. The molecule has 11 unspecified atom stereocenters. The average Bonchev–Trinajstić information content (AvgIpc) is 2.63. The van der Waals surface area contributed by atoms with Crippen molar-refractivity contribution in [2.24, 2.45) is 46.8 Å². The Morgan fingerprint density at radius 1 is 0.964 bits per heavy atom. The van der Waals surface area contributed by atoms with Gasteiger partial charge in [-0.15, -0.1) is 0 Å². The van der Waals surface area contributed by atoms with Crippen LogP contribution in [0.1, 0.15) is 93.4 Å². The van der Waals surface area contributed by atoms with Gasteiger partial charge in [-0.2, -0.15) is 0 Å². The van der Waals surface area contributed by atoms with Gasteiger partial charge in [0.25, 0.3) is 0 Å². The van der Waals surface area contributed by atoms with Crippen LogP contribution in [0.15, 0.2) is 0 Å². The fourth-order valence-electron chi connectivity index (χ4n) is 6.68. The van der Waals surface area contributed by atoms with Gasteiger partial charge < -0.3 is 0 Å². The fraction of sp³-hybridized carbons (Fsp3) is 1.00. The van der Waals surface area contributed by atoms with E-state index in [0.29, 0.717) is 5.41 Å². The monoisotopic (exact) mass is 726 g/mol. The Labute approximate surface area is 217 Å². The molecule has 2 aliphatic carbocycles. The number of hydrogen-bond acceptors (Lipinski definition) is 0. The van der Waals surface area contributed by atoms with E-state index < -0.39 is 0 Å². The lowest BCUT2D eigenvalue weighted by atomic mass is 9.53. The summed E-state index contributed by atoms with van der Waals surface area (Å²) in [5.74, 6) is 6.24. The summed E-state index contributed by atoms with van der Waals surface area (Å²) >= 11 is 8.53. The van der Waals surface area contributed by atoms with Gasteiger partial charge in [0, 0.05) is 11.8 Å². The molecule has 2 rings (SSSR count). The molecule has 2 saturated carbocycles. The third-order valence-electron chi connectivity index (χ3n) is 9.09. The molecule has 0 saturated heterocycles. The molecule has 0 aromatic carbocycles. The summed E-state index contributed by atoms with van der Waals surface area (Å²) in [5.41, 5.74) is 0.531. The van der Waals surface area contributed by atoms with E-state index in [1.54, 1.807) is 0 Å². The highest BCUT2D eigenvalue weighted by molar-refractivity contribution is 14.1. The van der Waals surface area contributed by atoms with Crippen molar-refractivity contribution >= 4 is 67.8 Å². The lowest BCUT2D eigenvalue weighted by Crippen LogP contribution is -2.52. The van der Waals surface area contributed by atoms with Crippen LogP contribution in [0.3, 0.4) is 0 Å². The fourth-order valence-corrected chi connectivity index (χ4v) is 11.3. The van der Waals surface area contributed by atoms with Gasteiger partial charge >= 0.3 is 0 Å². The van der Waals surface area contributed by atoms with Gasteiger partial charge in [0.1, 0.15) is 0 Å². The minimum Gasteiger partial charge on any atom is -0.0820 e. The summed E-state index contributed by atoms with van der Waals surface area (Å²) in [6.45, 7) is 17.7. The van der Waals surface area contributed by atoms with Crippen LogP contribution < -0.4 is 0 Å². The summed E-state index contributed by atoms with van der Waals surface area (Å²) in [5, 5.41) is 0. The van der Waals surface area contributed by atoms with Crippen LogP contribution in [-0.4, -0.2) is 11.8 Å². The van der Waals surface area contributed by atoms with Crippen molar-refractivity contribution in [1.29, 1.82) is 0 Å². The Hall–Kier alpha value is 2.19. The second kappa shape index (κ2) is 11.4. The van der Waals surface area contributed by atoms with Crippen LogP contribution >= 0.6 is 67.8 Å². The summed E-state index contributed by atoms with van der Waals surface area (Å²) in [6.07, 6.45) is 9.97. The molecule has 0 aromatic heterocycles. The van der Waals surface area contributed by atoms with E-state index in [0.717, 1.165) is 53.2 Å². The molecule has 0 aromatic rings. The van der Waals surface area contributed by atoms with Crippen molar-refractivity contribution in [3.8, 4) is 0 Å². The molecule has 0 amide bonds. The summed E-state index contributed by atoms with van der Waals surface area (Å²) in [7, 11) is 0. The normalized spacial score (nSPS) is 46.9. The van der Waals surface area contributed by atoms with Crippen LogP contribution in [0, 0.1) is 46.8 Å². The van der Waals surface area contributed by atoms with Gasteiger partial charge in [0.05, 0.1) is 0 Å². The van der Waals surface area contributed by atoms with E-state index >= 15 is 0 Å². The highest BCUT2D eigenvalue weighted by atomic mass is 127. The van der Waals surface area contributed by atoms with Gasteiger partial charge in [0.2, 0.25) is 0 Å². The van der Waals surface area contributed by atoms with Crippen molar-refractivity contribution in [1.82, 2.24) is 0 Å². The van der Waals surface area contributed by atoms with Gasteiger partial charge in [-0.25, -0.2) is 0 Å². The lowest BCUT2D eigenvalue weighted by molar-refractivity contribution is -0.0129. The number of alkyl halides is 3. The maximum Gasteiger partial charge on any atom is 0.0256 e. The Kier molecular flexibility index (Phi) is 10.7. The highest BCUT2D eigenvalue weighted by Gasteiger charge is 2.52. The zero-order valence-corrected chi connectivity index (χ0v) is 25.8. The van der Waals surface area contributed by atoms with Crippen molar-refractivity contribution in [3.63, 3.8) is 0 Å². The summed E-state index contributed by atoms with van der Waals surface area (Å²) in [6, 6.07) is 0. The quantitative estimate of drug-likeness (QED) is 0.189. The molecule has 28 heavy (non-hydrogen) atoms. The molecule has 0 N–H and O–H groups in total. The maximum absolute atomic E-state index is 2.91. The first-order chi connectivity index (χ1) is 13.1. The average molecular weight is 726 g/mol. The van der Waals surface area contributed by atoms with E-state index in [-0.39, 0.29) is 0 Å². The predicted octanol–water partition coefficient (Wildman–Crippen LogP) is 9.59. The third-order valence-corrected chi connectivity index (χ3v) is 15.5. The van der Waals surface area contributed by atoms with Gasteiger partial charge in [-0.05, 0) is 72.5 Å². The van der Waals surface area contributed by atoms with E-state index in [1.165, 1.54) is 44.9 Å². The molecule has 166 valence electrons. The topological polar surface area (TPSA) is 0 Å². The minimum atomic E-state index is 0.531. The SMILES string of the molecule is CCCC(C)C(C)CC1CC(C)C2(C)CC(I)C(I)C(C)C(CC)C(I)C2C1. The number of fused-ring (bicyclic) bond motifs is 1. The maximum atomic E-state index is 2.91. The highest BCUT2D eigenvalue weighted by Crippen LogP contribution is 2.59. The standard InChI is InChI=1S/C25H45I3/c1-8-10-15(3)16(4)11-19-12-17(5)25(7)14-22(26)23(27)18(6)20(9-2)24(28)21(25)13-19/h15-24H,8-14H2,1-7H3. The molecule has 11 atom stereocenters. The smallest absolute Gasteiger partial charge is 0.0256 e. The van der Waals surface area contributed by atoms with Crippen molar-refractivity contribution in [2.75, 3.05) is 0 Å².